The normalized spacial score (nSPS) is 10.1. The molecule has 0 heterocycles. The molecular weight excluding hydrogens is 368 g/mol. The van der Waals surface area contributed by atoms with E-state index in [4.69, 9.17) is 21.1 Å². The number of rotatable bonds is 9. The number of aryl methyl sites for hydroxylation is 1. The van der Waals surface area contributed by atoms with Crippen LogP contribution in [0.2, 0.25) is 0 Å². The zero-order valence-corrected chi connectivity index (χ0v) is 15.7. The average molecular weight is 391 g/mol. The molecule has 0 unspecified atom stereocenters. The number of amides is 2. The summed E-state index contributed by atoms with van der Waals surface area (Å²) in [6.07, 6.45) is 1.16. The lowest BCUT2D eigenvalue weighted by molar-refractivity contribution is 0.162. The van der Waals surface area contributed by atoms with Crippen LogP contribution < -0.4 is 15.4 Å². The number of halogens is 1. The van der Waals surface area contributed by atoms with Crippen LogP contribution in [0.15, 0.2) is 54.6 Å². The van der Waals surface area contributed by atoms with Crippen LogP contribution in [0.4, 0.5) is 15.3 Å². The van der Waals surface area contributed by atoms with Crippen molar-refractivity contribution in [3.8, 4) is 5.75 Å². The summed E-state index contributed by atoms with van der Waals surface area (Å²) in [6.45, 7) is 0.759. The van der Waals surface area contributed by atoms with Gasteiger partial charge in [0.05, 0.1) is 6.61 Å². The molecule has 0 atom stereocenters. The van der Waals surface area contributed by atoms with Crippen molar-refractivity contribution in [2.24, 2.45) is 0 Å². The summed E-state index contributed by atoms with van der Waals surface area (Å²) in [5, 5.41) is 5.28. The quantitative estimate of drug-likeness (QED) is 0.485. The Labute approximate surface area is 163 Å². The molecule has 0 bridgehead atoms. The summed E-state index contributed by atoms with van der Waals surface area (Å²) in [5.41, 5.74) is 1.70. The molecule has 0 saturated heterocycles. The highest BCUT2D eigenvalue weighted by Gasteiger charge is 2.07. The summed E-state index contributed by atoms with van der Waals surface area (Å²) < 4.78 is 10.2. The van der Waals surface area contributed by atoms with Crippen molar-refractivity contribution in [2.45, 2.75) is 19.3 Å². The monoisotopic (exact) mass is 390 g/mol. The van der Waals surface area contributed by atoms with Gasteiger partial charge in [-0.25, -0.2) is 9.59 Å². The molecule has 0 aromatic heterocycles. The second kappa shape index (κ2) is 11.8. The summed E-state index contributed by atoms with van der Waals surface area (Å²) in [5.74, 6) is 0.756. The van der Waals surface area contributed by atoms with Gasteiger partial charge in [0.2, 0.25) is 0 Å². The van der Waals surface area contributed by atoms with Gasteiger partial charge in [0.1, 0.15) is 5.75 Å². The number of hydrogen-bond donors (Lipinski definition) is 2. The summed E-state index contributed by atoms with van der Waals surface area (Å²) in [7, 11) is 0. The Hall–Kier alpha value is -2.73. The molecule has 7 heteroatoms. The Balaban J connectivity index is 1.71. The molecule has 2 N–H and O–H groups in total. The van der Waals surface area contributed by atoms with Crippen LogP contribution in [0.25, 0.3) is 0 Å². The van der Waals surface area contributed by atoms with Crippen LogP contribution in [0.3, 0.4) is 0 Å². The third-order valence-corrected chi connectivity index (χ3v) is 3.82. The zero-order valence-electron chi connectivity index (χ0n) is 14.9. The molecule has 0 spiro atoms. The van der Waals surface area contributed by atoms with Gasteiger partial charge >= 0.3 is 12.2 Å². The highest BCUT2D eigenvalue weighted by Crippen LogP contribution is 2.17. The molecule has 0 saturated carbocycles. The first-order chi connectivity index (χ1) is 13.2. The summed E-state index contributed by atoms with van der Waals surface area (Å²) in [6, 6.07) is 16.6. The highest BCUT2D eigenvalue weighted by molar-refractivity contribution is 6.17. The molecule has 0 fully saturated rings. The molecule has 0 aliphatic rings. The molecule has 2 aromatic carbocycles. The molecule has 2 aromatic rings. The topological polar surface area (TPSA) is 76.7 Å². The summed E-state index contributed by atoms with van der Waals surface area (Å²) >= 11 is 5.52. The predicted molar refractivity (Wildman–Crippen MR) is 106 cm³/mol. The third-order valence-electron chi connectivity index (χ3n) is 3.56. The van der Waals surface area contributed by atoms with Crippen molar-refractivity contribution < 1.29 is 19.1 Å². The lowest BCUT2D eigenvalue weighted by Gasteiger charge is -2.09. The number of benzene rings is 2. The molecule has 144 valence electrons. The molecule has 0 aliphatic heterocycles. The van der Waals surface area contributed by atoms with Crippen LogP contribution in [-0.2, 0) is 11.2 Å². The number of anilines is 1. The molecule has 2 amide bonds. The maximum Gasteiger partial charge on any atom is 0.412 e. The molecule has 6 nitrogen and oxygen atoms in total. The Morgan fingerprint density at radius 2 is 1.78 bits per heavy atom. The van der Waals surface area contributed by atoms with E-state index in [1.807, 2.05) is 18.2 Å². The van der Waals surface area contributed by atoms with E-state index < -0.39 is 12.2 Å². The van der Waals surface area contributed by atoms with Crippen molar-refractivity contribution >= 4 is 29.5 Å². The van der Waals surface area contributed by atoms with Gasteiger partial charge in [0.15, 0.2) is 0 Å². The van der Waals surface area contributed by atoms with E-state index in [2.05, 4.69) is 22.8 Å². The first kappa shape index (κ1) is 20.6. The van der Waals surface area contributed by atoms with Gasteiger partial charge < -0.3 is 14.8 Å². The van der Waals surface area contributed by atoms with Crippen LogP contribution in [0.5, 0.6) is 5.75 Å². The second-order valence-electron chi connectivity index (χ2n) is 5.74. The molecule has 0 aliphatic carbocycles. The van der Waals surface area contributed by atoms with Crippen molar-refractivity contribution in [1.29, 1.82) is 0 Å². The van der Waals surface area contributed by atoms with Crippen LogP contribution in [-0.4, -0.2) is 31.2 Å². The number of ether oxygens (including phenoxy) is 2. The minimum atomic E-state index is -0.581. The van der Waals surface area contributed by atoms with Gasteiger partial charge in [-0.1, -0.05) is 36.4 Å². The average Bonchev–Trinajstić information content (AvgIpc) is 2.66. The van der Waals surface area contributed by atoms with E-state index >= 15 is 0 Å². The minimum absolute atomic E-state index is 0.247. The zero-order chi connectivity index (χ0) is 19.3. The molecule has 0 radical (unpaired) electrons. The highest BCUT2D eigenvalue weighted by atomic mass is 35.5. The Bertz CT molecular complexity index is 725. The lowest BCUT2D eigenvalue weighted by atomic mass is 10.1. The number of nitrogens with one attached hydrogen (secondary N) is 2. The van der Waals surface area contributed by atoms with E-state index in [1.54, 1.807) is 24.3 Å². The van der Waals surface area contributed by atoms with Crippen molar-refractivity contribution in [3.05, 3.63) is 60.2 Å². The second-order valence-corrected chi connectivity index (χ2v) is 6.11. The van der Waals surface area contributed by atoms with E-state index in [0.29, 0.717) is 30.3 Å². The number of carbonyl (C=O) groups is 2. The van der Waals surface area contributed by atoms with E-state index in [1.165, 1.54) is 5.56 Å². The van der Waals surface area contributed by atoms with E-state index in [-0.39, 0.29) is 6.61 Å². The Morgan fingerprint density at radius 3 is 2.56 bits per heavy atom. The van der Waals surface area contributed by atoms with Crippen molar-refractivity contribution in [2.75, 3.05) is 24.3 Å². The molecule has 27 heavy (non-hydrogen) atoms. The predicted octanol–water partition coefficient (Wildman–Crippen LogP) is 4.59. The number of carbonyl (C=O) groups excluding carboxylic acids is 2. The fraction of sp³-hybridized carbons (Fsp3) is 0.300. The number of alkyl halides is 1. The van der Waals surface area contributed by atoms with Crippen molar-refractivity contribution in [1.82, 2.24) is 5.32 Å². The van der Waals surface area contributed by atoms with Gasteiger partial charge in [-0.05, 0) is 37.0 Å². The number of hydrogen-bond acceptors (Lipinski definition) is 4. The van der Waals surface area contributed by atoms with Gasteiger partial charge in [0, 0.05) is 24.2 Å². The fourth-order valence-electron chi connectivity index (χ4n) is 2.28. The Morgan fingerprint density at radius 1 is 0.963 bits per heavy atom. The minimum Gasteiger partial charge on any atom is -0.449 e. The van der Waals surface area contributed by atoms with E-state index in [0.717, 1.165) is 12.8 Å². The summed E-state index contributed by atoms with van der Waals surface area (Å²) in [4.78, 5) is 23.5. The first-order valence-electron chi connectivity index (χ1n) is 8.77. The van der Waals surface area contributed by atoms with Gasteiger partial charge in [0.25, 0.3) is 0 Å². The van der Waals surface area contributed by atoms with Crippen LogP contribution in [0, 0.1) is 0 Å². The largest absolute Gasteiger partial charge is 0.449 e. The maximum absolute atomic E-state index is 11.9. The lowest BCUT2D eigenvalue weighted by Crippen LogP contribution is -2.28. The Kier molecular flexibility index (Phi) is 9.00. The van der Waals surface area contributed by atoms with Gasteiger partial charge in [-0.2, -0.15) is 0 Å². The standard InChI is InChI=1S/C20H23ClN2O4/c21-12-6-14-26-20(25)23-17-10-4-11-18(15-17)27-19(24)22-13-5-9-16-7-2-1-3-8-16/h1-4,7-8,10-11,15H,5-6,9,12-14H2,(H,22,24)(H,23,25). The van der Waals surface area contributed by atoms with Crippen LogP contribution >= 0.6 is 11.6 Å². The van der Waals surface area contributed by atoms with Crippen LogP contribution in [0.1, 0.15) is 18.4 Å². The molecular formula is C20H23ClN2O4. The maximum atomic E-state index is 11.9. The SMILES string of the molecule is O=C(Nc1cccc(OC(=O)NCCCc2ccccc2)c1)OCCCCl. The van der Waals surface area contributed by atoms with Gasteiger partial charge in [-0.15, -0.1) is 11.6 Å². The third kappa shape index (κ3) is 8.46. The smallest absolute Gasteiger partial charge is 0.412 e. The van der Waals surface area contributed by atoms with Crippen molar-refractivity contribution in [3.63, 3.8) is 0 Å². The molecule has 2 rings (SSSR count). The van der Waals surface area contributed by atoms with E-state index in [9.17, 15) is 9.59 Å². The first-order valence-corrected chi connectivity index (χ1v) is 9.30. The van der Waals surface area contributed by atoms with Gasteiger partial charge in [-0.3, -0.25) is 5.32 Å². The fourth-order valence-corrected chi connectivity index (χ4v) is 2.39.